The second-order valence-corrected chi connectivity index (χ2v) is 6.83. The first-order valence-electron chi connectivity index (χ1n) is 10.2. The molecule has 0 unspecified atom stereocenters. The van der Waals surface area contributed by atoms with Gasteiger partial charge in [0.05, 0.1) is 13.7 Å². The lowest BCUT2D eigenvalue weighted by molar-refractivity contribution is 0.339. The van der Waals surface area contributed by atoms with Crippen molar-refractivity contribution < 1.29 is 18.9 Å². The maximum atomic E-state index is 5.92. The Kier molecular flexibility index (Phi) is 6.38. The van der Waals surface area contributed by atoms with Crippen LogP contribution in [-0.4, -0.2) is 13.7 Å². The van der Waals surface area contributed by atoms with E-state index in [9.17, 15) is 0 Å². The molecular formula is C27H24O4. The molecule has 0 fully saturated rings. The van der Waals surface area contributed by atoms with Gasteiger partial charge in [-0.2, -0.15) is 0 Å². The molecule has 4 aromatic carbocycles. The number of hydrogen-bond donors (Lipinski definition) is 0. The van der Waals surface area contributed by atoms with Crippen molar-refractivity contribution in [1.82, 2.24) is 0 Å². The van der Waals surface area contributed by atoms with E-state index < -0.39 is 0 Å². The van der Waals surface area contributed by atoms with Gasteiger partial charge in [0, 0.05) is 0 Å². The van der Waals surface area contributed by atoms with E-state index in [0.717, 1.165) is 45.6 Å². The average molecular weight is 412 g/mol. The van der Waals surface area contributed by atoms with Crippen molar-refractivity contribution in [2.45, 2.75) is 6.92 Å². The Morgan fingerprint density at radius 3 is 1.13 bits per heavy atom. The zero-order valence-corrected chi connectivity index (χ0v) is 17.6. The van der Waals surface area contributed by atoms with Crippen molar-refractivity contribution in [2.24, 2.45) is 0 Å². The van der Waals surface area contributed by atoms with Crippen LogP contribution in [0.2, 0.25) is 0 Å². The maximum Gasteiger partial charge on any atom is 0.127 e. The summed E-state index contributed by atoms with van der Waals surface area (Å²) in [7, 11) is 1.65. The second kappa shape index (κ2) is 9.72. The summed E-state index contributed by atoms with van der Waals surface area (Å²) in [5.41, 5.74) is 2.21. The van der Waals surface area contributed by atoms with Gasteiger partial charge in [-0.25, -0.2) is 0 Å². The maximum absolute atomic E-state index is 5.92. The molecule has 4 aromatic rings. The van der Waals surface area contributed by atoms with Gasteiger partial charge in [-0.15, -0.1) is 0 Å². The Bertz CT molecular complexity index is 1080. The molecule has 4 heteroatoms. The first-order chi connectivity index (χ1) is 15.2. The molecule has 0 aliphatic carbocycles. The molecule has 0 atom stereocenters. The summed E-state index contributed by atoms with van der Waals surface area (Å²) in [4.78, 5) is 0. The van der Waals surface area contributed by atoms with E-state index in [1.54, 1.807) is 7.11 Å². The molecule has 0 aliphatic heterocycles. The van der Waals surface area contributed by atoms with Crippen LogP contribution in [0.1, 0.15) is 6.92 Å². The SMILES string of the molecule is CCOc1ccc(Oc2ccc(-c3ccc(Oc4ccc(OC)cc4)cc3)cc2)cc1. The van der Waals surface area contributed by atoms with Crippen molar-refractivity contribution in [3.05, 3.63) is 97.1 Å². The van der Waals surface area contributed by atoms with Gasteiger partial charge in [0.25, 0.3) is 0 Å². The zero-order valence-electron chi connectivity index (χ0n) is 17.6. The first-order valence-corrected chi connectivity index (χ1v) is 10.2. The largest absolute Gasteiger partial charge is 0.497 e. The molecule has 31 heavy (non-hydrogen) atoms. The highest BCUT2D eigenvalue weighted by Gasteiger charge is 2.03. The van der Waals surface area contributed by atoms with Gasteiger partial charge in [0.2, 0.25) is 0 Å². The quantitative estimate of drug-likeness (QED) is 0.303. The third kappa shape index (κ3) is 5.37. The van der Waals surface area contributed by atoms with E-state index in [4.69, 9.17) is 18.9 Å². The van der Waals surface area contributed by atoms with Crippen molar-refractivity contribution in [1.29, 1.82) is 0 Å². The van der Waals surface area contributed by atoms with Crippen LogP contribution in [-0.2, 0) is 0 Å². The minimum atomic E-state index is 0.649. The van der Waals surface area contributed by atoms with E-state index in [1.165, 1.54) is 0 Å². The highest BCUT2D eigenvalue weighted by Crippen LogP contribution is 2.29. The molecule has 0 bridgehead atoms. The molecular weight excluding hydrogens is 388 g/mol. The van der Waals surface area contributed by atoms with Crippen molar-refractivity contribution >= 4 is 0 Å². The number of methoxy groups -OCH3 is 1. The lowest BCUT2D eigenvalue weighted by Gasteiger charge is -2.09. The Hall–Kier alpha value is -3.92. The van der Waals surface area contributed by atoms with Crippen LogP contribution in [0.5, 0.6) is 34.5 Å². The van der Waals surface area contributed by atoms with Crippen molar-refractivity contribution in [3.63, 3.8) is 0 Å². The van der Waals surface area contributed by atoms with Crippen LogP contribution in [0.15, 0.2) is 97.1 Å². The van der Waals surface area contributed by atoms with Crippen LogP contribution in [0.3, 0.4) is 0 Å². The lowest BCUT2D eigenvalue weighted by Crippen LogP contribution is -1.91. The van der Waals surface area contributed by atoms with Crippen LogP contribution >= 0.6 is 0 Å². The van der Waals surface area contributed by atoms with Crippen LogP contribution < -0.4 is 18.9 Å². The molecule has 0 radical (unpaired) electrons. The molecule has 0 saturated carbocycles. The third-order valence-electron chi connectivity index (χ3n) is 4.71. The van der Waals surface area contributed by atoms with Crippen LogP contribution in [0, 0.1) is 0 Å². The lowest BCUT2D eigenvalue weighted by atomic mass is 10.1. The summed E-state index contributed by atoms with van der Waals surface area (Å²) in [5.74, 6) is 4.75. The number of benzene rings is 4. The molecule has 0 heterocycles. The topological polar surface area (TPSA) is 36.9 Å². The van der Waals surface area contributed by atoms with Gasteiger partial charge in [0.1, 0.15) is 34.5 Å². The zero-order chi connectivity index (χ0) is 21.5. The van der Waals surface area contributed by atoms with Crippen molar-refractivity contribution in [3.8, 4) is 45.6 Å². The predicted molar refractivity (Wildman–Crippen MR) is 123 cm³/mol. The minimum Gasteiger partial charge on any atom is -0.497 e. The van der Waals surface area contributed by atoms with Gasteiger partial charge >= 0.3 is 0 Å². The second-order valence-electron chi connectivity index (χ2n) is 6.83. The van der Waals surface area contributed by atoms with Crippen LogP contribution in [0.25, 0.3) is 11.1 Å². The smallest absolute Gasteiger partial charge is 0.127 e. The summed E-state index contributed by atoms with van der Waals surface area (Å²) in [5, 5.41) is 0. The van der Waals surface area contributed by atoms with E-state index in [0.29, 0.717) is 6.61 Å². The molecule has 156 valence electrons. The fourth-order valence-corrected chi connectivity index (χ4v) is 3.12. The molecule has 4 rings (SSSR count). The predicted octanol–water partition coefficient (Wildman–Crippen LogP) is 7.35. The fraction of sp³-hybridized carbons (Fsp3) is 0.111. The summed E-state index contributed by atoms with van der Waals surface area (Å²) in [6, 6.07) is 31.2. The Labute approximate surface area is 182 Å². The van der Waals surface area contributed by atoms with E-state index in [-0.39, 0.29) is 0 Å². The first kappa shape index (κ1) is 20.4. The molecule has 4 nitrogen and oxygen atoms in total. The van der Waals surface area contributed by atoms with Gasteiger partial charge in [0.15, 0.2) is 0 Å². The highest BCUT2D eigenvalue weighted by atomic mass is 16.5. The third-order valence-corrected chi connectivity index (χ3v) is 4.71. The fourth-order valence-electron chi connectivity index (χ4n) is 3.12. The van der Waals surface area contributed by atoms with E-state index in [1.807, 2.05) is 104 Å². The van der Waals surface area contributed by atoms with E-state index in [2.05, 4.69) is 0 Å². The highest BCUT2D eigenvalue weighted by molar-refractivity contribution is 5.65. The average Bonchev–Trinajstić information content (AvgIpc) is 2.82. The van der Waals surface area contributed by atoms with Gasteiger partial charge in [-0.05, 0) is 90.8 Å². The number of hydrogen-bond acceptors (Lipinski definition) is 4. The number of ether oxygens (including phenoxy) is 4. The normalized spacial score (nSPS) is 10.4. The summed E-state index contributed by atoms with van der Waals surface area (Å²) in [6.07, 6.45) is 0. The van der Waals surface area contributed by atoms with Crippen molar-refractivity contribution in [2.75, 3.05) is 13.7 Å². The summed E-state index contributed by atoms with van der Waals surface area (Å²) in [6.45, 7) is 2.61. The molecule has 0 spiro atoms. The molecule has 0 aliphatic rings. The molecule has 0 N–H and O–H groups in total. The van der Waals surface area contributed by atoms with E-state index >= 15 is 0 Å². The molecule has 0 saturated heterocycles. The van der Waals surface area contributed by atoms with Crippen LogP contribution in [0.4, 0.5) is 0 Å². The minimum absolute atomic E-state index is 0.649. The molecule has 0 aromatic heterocycles. The van der Waals surface area contributed by atoms with Gasteiger partial charge in [-0.3, -0.25) is 0 Å². The summed E-state index contributed by atoms with van der Waals surface area (Å²) < 4.78 is 22.4. The van der Waals surface area contributed by atoms with Gasteiger partial charge < -0.3 is 18.9 Å². The Morgan fingerprint density at radius 2 is 0.774 bits per heavy atom. The number of rotatable bonds is 8. The Morgan fingerprint density at radius 1 is 0.452 bits per heavy atom. The standard InChI is InChI=1S/C27H24O4/c1-3-29-23-14-18-27(19-15-23)31-25-10-6-21(7-11-25)20-4-8-24(9-5-20)30-26-16-12-22(28-2)13-17-26/h4-19H,3H2,1-2H3. The summed E-state index contributed by atoms with van der Waals surface area (Å²) >= 11 is 0. The Balaban J connectivity index is 1.39. The monoisotopic (exact) mass is 412 g/mol. The van der Waals surface area contributed by atoms with Gasteiger partial charge in [-0.1, -0.05) is 24.3 Å². The molecule has 0 amide bonds.